The second-order valence-corrected chi connectivity index (χ2v) is 7.35. The molecule has 0 atom stereocenters. The zero-order valence-electron chi connectivity index (χ0n) is 11.1. The maximum Gasteiger partial charge on any atom is 0.127 e. The number of rotatable bonds is 5. The Morgan fingerprint density at radius 2 is 1.71 bits per heavy atom. The van der Waals surface area contributed by atoms with E-state index in [1.165, 1.54) is 6.07 Å². The Balaban J connectivity index is 2.46. The Bertz CT molecular complexity index is 627. The van der Waals surface area contributed by atoms with Crippen LogP contribution in [0.4, 0.5) is 4.39 Å². The molecule has 2 rings (SSSR count). The van der Waals surface area contributed by atoms with Crippen LogP contribution in [-0.2, 0) is 11.8 Å². The first-order valence-electron chi connectivity index (χ1n) is 6.33. The minimum absolute atomic E-state index is 0.241. The highest BCUT2D eigenvalue weighted by Crippen LogP contribution is 2.37. The van der Waals surface area contributed by atoms with Crippen molar-refractivity contribution in [1.29, 1.82) is 0 Å². The first kappa shape index (κ1) is 17.5. The molecule has 5 heteroatoms. The lowest BCUT2D eigenvalue weighted by atomic mass is 9.79. The molecule has 21 heavy (non-hydrogen) atoms. The van der Waals surface area contributed by atoms with E-state index in [9.17, 15) is 4.39 Å². The van der Waals surface area contributed by atoms with Gasteiger partial charge in [-0.05, 0) is 35.7 Å². The van der Waals surface area contributed by atoms with E-state index in [1.54, 1.807) is 12.1 Å². The van der Waals surface area contributed by atoms with Gasteiger partial charge in [-0.2, -0.15) is 0 Å². The van der Waals surface area contributed by atoms with Crippen LogP contribution in [0.2, 0.25) is 5.02 Å². The van der Waals surface area contributed by atoms with Crippen LogP contribution in [-0.4, -0.2) is 10.7 Å². The number of halogens is 5. The molecule has 0 radical (unpaired) electrons. The van der Waals surface area contributed by atoms with Crippen molar-refractivity contribution in [3.05, 3.63) is 68.9 Å². The monoisotopic (exact) mass is 496 g/mol. The third-order valence-electron chi connectivity index (χ3n) is 3.50. The molecule has 0 fully saturated rings. The van der Waals surface area contributed by atoms with Crippen molar-refractivity contribution in [2.45, 2.75) is 11.8 Å². The number of hydrogen-bond donors (Lipinski definition) is 0. The van der Waals surface area contributed by atoms with Gasteiger partial charge in [-0.3, -0.25) is 0 Å². The van der Waals surface area contributed by atoms with Crippen LogP contribution in [0.1, 0.15) is 11.1 Å². The van der Waals surface area contributed by atoms with Gasteiger partial charge in [0, 0.05) is 25.6 Å². The van der Waals surface area contributed by atoms with Crippen molar-refractivity contribution >= 4 is 59.4 Å². The Labute approximate surface area is 154 Å². The average molecular weight is 499 g/mol. The van der Waals surface area contributed by atoms with Gasteiger partial charge in [0.25, 0.3) is 0 Å². The smallest absolute Gasteiger partial charge is 0.127 e. The van der Waals surface area contributed by atoms with Gasteiger partial charge in [-0.25, -0.2) is 4.39 Å². The quantitative estimate of drug-likeness (QED) is 0.412. The molecule has 0 heterocycles. The van der Waals surface area contributed by atoms with Gasteiger partial charge in [0.1, 0.15) is 5.82 Å². The lowest BCUT2D eigenvalue weighted by molar-refractivity contribution is 0.521. The SMILES string of the molecule is Fc1cc(Cl)ccc1CC(CBr)(CBr)c1ccccc1Br. The number of hydrogen-bond acceptors (Lipinski definition) is 0. The van der Waals surface area contributed by atoms with E-state index < -0.39 is 0 Å². The van der Waals surface area contributed by atoms with E-state index in [-0.39, 0.29) is 11.2 Å². The van der Waals surface area contributed by atoms with Gasteiger partial charge in [0.05, 0.1) is 0 Å². The van der Waals surface area contributed by atoms with Crippen LogP contribution in [0.5, 0.6) is 0 Å². The van der Waals surface area contributed by atoms with Crippen molar-refractivity contribution in [2.24, 2.45) is 0 Å². The number of alkyl halides is 2. The van der Waals surface area contributed by atoms with E-state index >= 15 is 0 Å². The van der Waals surface area contributed by atoms with E-state index in [0.717, 1.165) is 20.7 Å². The summed E-state index contributed by atoms with van der Waals surface area (Å²) >= 11 is 16.6. The molecule has 0 amide bonds. The molecule has 0 N–H and O–H groups in total. The molecule has 2 aromatic rings. The minimum atomic E-state index is -0.263. The lowest BCUT2D eigenvalue weighted by Gasteiger charge is -2.32. The standard InChI is InChI=1S/C16H13Br3ClF/c17-9-16(10-18,13-3-1-2-4-14(13)19)8-11-5-6-12(20)7-15(11)21/h1-7H,8-10H2. The molecular formula is C16H13Br3ClF. The number of benzene rings is 2. The summed E-state index contributed by atoms with van der Waals surface area (Å²) in [4.78, 5) is 0. The molecule has 0 aromatic heterocycles. The summed E-state index contributed by atoms with van der Waals surface area (Å²) in [6.45, 7) is 0. The van der Waals surface area contributed by atoms with Gasteiger partial charge in [0.2, 0.25) is 0 Å². The molecule has 0 bridgehead atoms. The second-order valence-electron chi connectivity index (χ2n) is 4.94. The molecule has 2 aromatic carbocycles. The van der Waals surface area contributed by atoms with Gasteiger partial charge >= 0.3 is 0 Å². The first-order chi connectivity index (χ1) is 10.0. The van der Waals surface area contributed by atoms with Gasteiger partial charge in [-0.15, -0.1) is 0 Å². The summed E-state index contributed by atoms with van der Waals surface area (Å²) in [5, 5.41) is 1.85. The van der Waals surface area contributed by atoms with Crippen LogP contribution in [0.15, 0.2) is 46.9 Å². The Morgan fingerprint density at radius 1 is 1.05 bits per heavy atom. The third kappa shape index (κ3) is 3.90. The molecule has 0 aliphatic carbocycles. The predicted molar refractivity (Wildman–Crippen MR) is 98.5 cm³/mol. The summed E-state index contributed by atoms with van der Waals surface area (Å²) in [5.74, 6) is -0.263. The van der Waals surface area contributed by atoms with Crippen LogP contribution < -0.4 is 0 Å². The van der Waals surface area contributed by atoms with Crippen molar-refractivity contribution in [2.75, 3.05) is 10.7 Å². The molecule has 112 valence electrons. The normalized spacial score (nSPS) is 11.7. The Morgan fingerprint density at radius 3 is 2.29 bits per heavy atom. The van der Waals surface area contributed by atoms with Gasteiger partial charge < -0.3 is 0 Å². The highest BCUT2D eigenvalue weighted by molar-refractivity contribution is 9.10. The third-order valence-corrected chi connectivity index (χ3v) is 6.57. The van der Waals surface area contributed by atoms with E-state index in [1.807, 2.05) is 18.2 Å². The zero-order valence-corrected chi connectivity index (χ0v) is 16.6. The summed E-state index contributed by atoms with van der Waals surface area (Å²) in [7, 11) is 0. The average Bonchev–Trinajstić information content (AvgIpc) is 2.48. The molecule has 0 unspecified atom stereocenters. The van der Waals surface area contributed by atoms with Crippen molar-refractivity contribution in [3.63, 3.8) is 0 Å². The Hall–Kier alpha value is 0.1000. The van der Waals surface area contributed by atoms with Crippen LogP contribution in [0.25, 0.3) is 0 Å². The zero-order chi connectivity index (χ0) is 15.5. The van der Waals surface area contributed by atoms with E-state index in [0.29, 0.717) is 17.0 Å². The second kappa shape index (κ2) is 7.58. The highest BCUT2D eigenvalue weighted by Gasteiger charge is 2.33. The molecular weight excluding hydrogens is 486 g/mol. The maximum absolute atomic E-state index is 14.1. The van der Waals surface area contributed by atoms with Crippen molar-refractivity contribution in [1.82, 2.24) is 0 Å². The van der Waals surface area contributed by atoms with E-state index in [4.69, 9.17) is 11.6 Å². The van der Waals surface area contributed by atoms with Crippen LogP contribution in [0, 0.1) is 5.82 Å². The molecule has 0 spiro atoms. The fourth-order valence-corrected chi connectivity index (χ4v) is 5.08. The molecule has 0 nitrogen and oxygen atoms in total. The molecule has 0 aliphatic rings. The van der Waals surface area contributed by atoms with Crippen molar-refractivity contribution < 1.29 is 4.39 Å². The summed E-state index contributed by atoms with van der Waals surface area (Å²) in [5.41, 5.74) is 1.57. The topological polar surface area (TPSA) is 0 Å². The fraction of sp³-hybridized carbons (Fsp3) is 0.250. The maximum atomic E-state index is 14.1. The molecule has 0 saturated heterocycles. The molecule has 0 aliphatic heterocycles. The van der Waals surface area contributed by atoms with Gasteiger partial charge in [-0.1, -0.05) is 83.7 Å². The van der Waals surface area contributed by atoms with Crippen molar-refractivity contribution in [3.8, 4) is 0 Å². The van der Waals surface area contributed by atoms with Crippen LogP contribution in [0.3, 0.4) is 0 Å². The summed E-state index contributed by atoms with van der Waals surface area (Å²) < 4.78 is 15.2. The van der Waals surface area contributed by atoms with E-state index in [2.05, 4.69) is 53.9 Å². The highest BCUT2D eigenvalue weighted by atomic mass is 79.9. The van der Waals surface area contributed by atoms with Gasteiger partial charge in [0.15, 0.2) is 0 Å². The molecule has 0 saturated carbocycles. The fourth-order valence-electron chi connectivity index (χ4n) is 2.29. The minimum Gasteiger partial charge on any atom is -0.207 e. The first-order valence-corrected chi connectivity index (χ1v) is 9.74. The largest absolute Gasteiger partial charge is 0.207 e. The lowest BCUT2D eigenvalue weighted by Crippen LogP contribution is -2.33. The predicted octanol–water partition coefficient (Wildman–Crippen LogP) is 6.51. The van der Waals surface area contributed by atoms with Crippen LogP contribution >= 0.6 is 59.4 Å². The Kier molecular flexibility index (Phi) is 6.30. The summed E-state index contributed by atoms with van der Waals surface area (Å²) in [6.07, 6.45) is 0.578. The summed E-state index contributed by atoms with van der Waals surface area (Å²) in [6, 6.07) is 12.9.